The van der Waals surface area contributed by atoms with Crippen LogP contribution < -0.4 is 10.2 Å². The fourth-order valence-corrected chi connectivity index (χ4v) is 3.59. The number of aromatic nitrogens is 2. The first kappa shape index (κ1) is 21.7. The second-order valence-corrected chi connectivity index (χ2v) is 7.51. The van der Waals surface area contributed by atoms with Crippen LogP contribution in [0.1, 0.15) is 19.0 Å². The molecule has 1 N–H and O–H groups in total. The van der Waals surface area contributed by atoms with Crippen molar-refractivity contribution >= 4 is 17.7 Å². The summed E-state index contributed by atoms with van der Waals surface area (Å²) in [4.78, 5) is 28.0. The first-order chi connectivity index (χ1) is 14.6. The molecule has 1 fully saturated rings. The summed E-state index contributed by atoms with van der Waals surface area (Å²) < 4.78 is 2.11. The van der Waals surface area contributed by atoms with Gasteiger partial charge >= 0.3 is 0 Å². The Labute approximate surface area is 179 Å². The Hall–Kier alpha value is -3.03. The lowest BCUT2D eigenvalue weighted by molar-refractivity contribution is -0.131. The minimum atomic E-state index is 0.167. The third-order valence-electron chi connectivity index (χ3n) is 5.34. The maximum atomic E-state index is 12.6. The van der Waals surface area contributed by atoms with Gasteiger partial charge in [0, 0.05) is 71.3 Å². The van der Waals surface area contributed by atoms with Crippen molar-refractivity contribution in [3.63, 3.8) is 0 Å². The number of hydrogen-bond donors (Lipinski definition) is 1. The molecule has 1 aliphatic heterocycles. The van der Waals surface area contributed by atoms with Gasteiger partial charge < -0.3 is 24.6 Å². The van der Waals surface area contributed by atoms with E-state index in [9.17, 15) is 4.79 Å². The van der Waals surface area contributed by atoms with E-state index in [0.717, 1.165) is 51.0 Å². The molecular formula is C22H33N7O. The van der Waals surface area contributed by atoms with Crippen LogP contribution in [0.5, 0.6) is 0 Å². The fourth-order valence-electron chi connectivity index (χ4n) is 3.59. The Morgan fingerprint density at radius 1 is 1.20 bits per heavy atom. The molecule has 0 saturated carbocycles. The molecule has 0 radical (unpaired) electrons. The number of amides is 1. The zero-order valence-electron chi connectivity index (χ0n) is 18.3. The minimum absolute atomic E-state index is 0.167. The van der Waals surface area contributed by atoms with Crippen LogP contribution in [0, 0.1) is 0 Å². The minimum Gasteiger partial charge on any atom is -0.357 e. The zero-order chi connectivity index (χ0) is 21.3. The van der Waals surface area contributed by atoms with Crippen LogP contribution >= 0.6 is 0 Å². The number of anilines is 1. The number of hydrogen-bond acceptors (Lipinski definition) is 4. The standard InChI is InChI=1S/C22H33N7O/c1-4-23-22(27(3)18-19-8-7-13-26(19)2)25-12-10-21(30)29-16-14-28(15-17-29)20-9-5-6-11-24-20/h5-9,11,13H,4,10,12,14-18H2,1-3H3,(H,23,25). The van der Waals surface area contributed by atoms with Crippen molar-refractivity contribution in [1.29, 1.82) is 0 Å². The molecule has 3 rings (SSSR count). The lowest BCUT2D eigenvalue weighted by atomic mass is 10.2. The van der Waals surface area contributed by atoms with Crippen LogP contribution in [0.2, 0.25) is 0 Å². The van der Waals surface area contributed by atoms with Gasteiger partial charge in [-0.05, 0) is 31.2 Å². The summed E-state index contributed by atoms with van der Waals surface area (Å²) in [5.74, 6) is 1.97. The van der Waals surface area contributed by atoms with Gasteiger partial charge in [-0.1, -0.05) is 6.07 Å². The van der Waals surface area contributed by atoms with Gasteiger partial charge in [-0.25, -0.2) is 4.98 Å². The van der Waals surface area contributed by atoms with E-state index in [-0.39, 0.29) is 5.91 Å². The van der Waals surface area contributed by atoms with Gasteiger partial charge in [0.2, 0.25) is 5.91 Å². The van der Waals surface area contributed by atoms with Crippen molar-refractivity contribution < 1.29 is 4.79 Å². The number of rotatable bonds is 7. The van der Waals surface area contributed by atoms with Crippen molar-refractivity contribution in [2.75, 3.05) is 51.2 Å². The Morgan fingerprint density at radius 2 is 2.00 bits per heavy atom. The van der Waals surface area contributed by atoms with Gasteiger partial charge in [-0.2, -0.15) is 0 Å². The van der Waals surface area contributed by atoms with Crippen LogP contribution in [0.4, 0.5) is 5.82 Å². The maximum Gasteiger partial charge on any atom is 0.224 e. The molecule has 0 unspecified atom stereocenters. The highest BCUT2D eigenvalue weighted by Gasteiger charge is 2.21. The Kier molecular flexibility index (Phi) is 7.70. The normalized spacial score (nSPS) is 14.7. The third-order valence-corrected chi connectivity index (χ3v) is 5.34. The zero-order valence-corrected chi connectivity index (χ0v) is 18.3. The number of carbonyl (C=O) groups excluding carboxylic acids is 1. The average molecular weight is 412 g/mol. The maximum absolute atomic E-state index is 12.6. The summed E-state index contributed by atoms with van der Waals surface area (Å²) in [6.07, 6.45) is 4.28. The molecule has 2 aromatic rings. The van der Waals surface area contributed by atoms with E-state index in [0.29, 0.717) is 13.0 Å². The van der Waals surface area contributed by atoms with E-state index in [4.69, 9.17) is 0 Å². The molecule has 30 heavy (non-hydrogen) atoms. The SMILES string of the molecule is CCNC(=NCCC(=O)N1CCN(c2ccccn2)CC1)N(C)Cc1cccn1C. The number of nitrogens with one attached hydrogen (secondary N) is 1. The lowest BCUT2D eigenvalue weighted by Crippen LogP contribution is -2.49. The number of carbonyl (C=O) groups is 1. The number of pyridine rings is 1. The second kappa shape index (κ2) is 10.7. The topological polar surface area (TPSA) is 69.0 Å². The van der Waals surface area contributed by atoms with Gasteiger partial charge in [0.25, 0.3) is 0 Å². The van der Waals surface area contributed by atoms with Gasteiger partial charge in [-0.15, -0.1) is 0 Å². The summed E-state index contributed by atoms with van der Waals surface area (Å²) >= 11 is 0. The molecule has 8 heteroatoms. The van der Waals surface area contributed by atoms with Crippen LogP contribution in [-0.2, 0) is 18.4 Å². The highest BCUT2D eigenvalue weighted by atomic mass is 16.2. The molecule has 162 valence electrons. The molecule has 1 amide bonds. The molecule has 1 saturated heterocycles. The van der Waals surface area contributed by atoms with Crippen molar-refractivity contribution in [3.8, 4) is 0 Å². The van der Waals surface area contributed by atoms with Crippen molar-refractivity contribution in [2.24, 2.45) is 12.0 Å². The monoisotopic (exact) mass is 411 g/mol. The van der Waals surface area contributed by atoms with Gasteiger partial charge in [0.05, 0.1) is 13.1 Å². The second-order valence-electron chi connectivity index (χ2n) is 7.51. The number of piperazine rings is 1. The van der Waals surface area contributed by atoms with E-state index in [1.165, 1.54) is 5.69 Å². The molecular weight excluding hydrogens is 378 g/mol. The lowest BCUT2D eigenvalue weighted by Gasteiger charge is -2.35. The summed E-state index contributed by atoms with van der Waals surface area (Å²) in [6.45, 7) is 7.18. The first-order valence-electron chi connectivity index (χ1n) is 10.6. The Balaban J connectivity index is 1.47. The first-order valence-corrected chi connectivity index (χ1v) is 10.6. The van der Waals surface area contributed by atoms with Crippen LogP contribution in [0.25, 0.3) is 0 Å². The molecule has 0 spiro atoms. The number of aliphatic imine (C=N–C) groups is 1. The summed E-state index contributed by atoms with van der Waals surface area (Å²) in [6, 6.07) is 10.1. The highest BCUT2D eigenvalue weighted by molar-refractivity contribution is 5.81. The molecule has 2 aromatic heterocycles. The van der Waals surface area contributed by atoms with Gasteiger partial charge in [0.1, 0.15) is 5.82 Å². The van der Waals surface area contributed by atoms with E-state index < -0.39 is 0 Å². The number of aryl methyl sites for hydroxylation is 1. The third kappa shape index (κ3) is 5.75. The van der Waals surface area contributed by atoms with Crippen molar-refractivity contribution in [1.82, 2.24) is 24.7 Å². The van der Waals surface area contributed by atoms with Crippen LogP contribution in [-0.4, -0.2) is 77.5 Å². The molecule has 0 atom stereocenters. The molecule has 8 nitrogen and oxygen atoms in total. The largest absolute Gasteiger partial charge is 0.357 e. The van der Waals surface area contributed by atoms with E-state index in [1.54, 1.807) is 0 Å². The van der Waals surface area contributed by atoms with Crippen molar-refractivity contribution in [3.05, 3.63) is 48.4 Å². The summed E-state index contributed by atoms with van der Waals surface area (Å²) in [5.41, 5.74) is 1.21. The molecule has 3 heterocycles. The van der Waals surface area contributed by atoms with Crippen molar-refractivity contribution in [2.45, 2.75) is 19.9 Å². The highest BCUT2D eigenvalue weighted by Crippen LogP contribution is 2.13. The van der Waals surface area contributed by atoms with Crippen LogP contribution in [0.3, 0.4) is 0 Å². The van der Waals surface area contributed by atoms with E-state index >= 15 is 0 Å². The number of nitrogens with zero attached hydrogens (tertiary/aromatic N) is 6. The number of guanidine groups is 1. The predicted molar refractivity (Wildman–Crippen MR) is 121 cm³/mol. The molecule has 0 aromatic carbocycles. The van der Waals surface area contributed by atoms with E-state index in [2.05, 4.69) is 42.7 Å². The van der Waals surface area contributed by atoms with Gasteiger partial charge in [0.15, 0.2) is 5.96 Å². The Morgan fingerprint density at radius 3 is 2.63 bits per heavy atom. The summed E-state index contributed by atoms with van der Waals surface area (Å²) in [5, 5.41) is 3.32. The van der Waals surface area contributed by atoms with Gasteiger partial charge in [-0.3, -0.25) is 9.79 Å². The average Bonchev–Trinajstić information content (AvgIpc) is 3.18. The van der Waals surface area contributed by atoms with E-state index in [1.807, 2.05) is 55.7 Å². The van der Waals surface area contributed by atoms with Crippen LogP contribution in [0.15, 0.2) is 47.7 Å². The Bertz CT molecular complexity index is 825. The quantitative estimate of drug-likeness (QED) is 0.553. The smallest absolute Gasteiger partial charge is 0.224 e. The predicted octanol–water partition coefficient (Wildman–Crippen LogP) is 1.56. The summed E-state index contributed by atoms with van der Waals surface area (Å²) in [7, 11) is 4.06. The fraction of sp³-hybridized carbons (Fsp3) is 0.500. The molecule has 0 bridgehead atoms. The molecule has 0 aliphatic carbocycles. The molecule has 1 aliphatic rings.